The summed E-state index contributed by atoms with van der Waals surface area (Å²) in [7, 11) is 0. The van der Waals surface area contributed by atoms with Gasteiger partial charge in [-0.2, -0.15) is 0 Å². The lowest BCUT2D eigenvalue weighted by atomic mass is 9.91. The molecule has 0 fully saturated rings. The fraction of sp³-hybridized carbons (Fsp3) is 0.133. The van der Waals surface area contributed by atoms with E-state index in [1.807, 2.05) is 6.07 Å². The highest BCUT2D eigenvalue weighted by Crippen LogP contribution is 2.41. The van der Waals surface area contributed by atoms with Gasteiger partial charge < -0.3 is 10.2 Å². The highest BCUT2D eigenvalue weighted by Gasteiger charge is 2.43. The van der Waals surface area contributed by atoms with Crippen LogP contribution in [0.25, 0.3) is 0 Å². The van der Waals surface area contributed by atoms with E-state index in [1.54, 1.807) is 42.5 Å². The molecule has 0 radical (unpaired) electrons. The SMILES string of the molecule is NN1C(CO)=Nc2ccc(Cl)cc2C1(O)c1ccccc1. The highest BCUT2D eigenvalue weighted by atomic mass is 35.5. The monoisotopic (exact) mass is 303 g/mol. The van der Waals surface area contributed by atoms with Gasteiger partial charge in [-0.1, -0.05) is 41.9 Å². The van der Waals surface area contributed by atoms with Gasteiger partial charge in [-0.05, 0) is 18.2 Å². The highest BCUT2D eigenvalue weighted by molar-refractivity contribution is 6.30. The first kappa shape index (κ1) is 14.0. The Balaban J connectivity index is 2.29. The lowest BCUT2D eigenvalue weighted by Gasteiger charge is -2.41. The first-order chi connectivity index (χ1) is 10.1. The van der Waals surface area contributed by atoms with E-state index in [0.717, 1.165) is 5.01 Å². The van der Waals surface area contributed by atoms with Crippen molar-refractivity contribution < 1.29 is 10.2 Å². The minimum Gasteiger partial charge on any atom is -0.388 e. The zero-order chi connectivity index (χ0) is 15.0. The zero-order valence-corrected chi connectivity index (χ0v) is 11.8. The summed E-state index contributed by atoms with van der Waals surface area (Å²) in [6, 6.07) is 13.9. The van der Waals surface area contributed by atoms with Crippen LogP contribution >= 0.6 is 11.6 Å². The second-order valence-electron chi connectivity index (χ2n) is 4.76. The van der Waals surface area contributed by atoms with Gasteiger partial charge in [0.2, 0.25) is 5.72 Å². The molecule has 0 aliphatic carbocycles. The smallest absolute Gasteiger partial charge is 0.208 e. The summed E-state index contributed by atoms with van der Waals surface area (Å²) in [6.45, 7) is -0.381. The second-order valence-corrected chi connectivity index (χ2v) is 5.19. The molecular formula is C15H14ClN3O2. The Morgan fingerprint density at radius 2 is 1.90 bits per heavy atom. The summed E-state index contributed by atoms with van der Waals surface area (Å²) >= 11 is 6.04. The van der Waals surface area contributed by atoms with E-state index in [1.165, 1.54) is 0 Å². The number of aliphatic hydroxyl groups is 2. The molecule has 0 amide bonds. The number of hydrazine groups is 1. The first-order valence-electron chi connectivity index (χ1n) is 6.38. The van der Waals surface area contributed by atoms with E-state index < -0.39 is 5.72 Å². The molecule has 1 aliphatic rings. The Bertz CT molecular complexity index is 705. The number of fused-ring (bicyclic) bond motifs is 1. The summed E-state index contributed by atoms with van der Waals surface area (Å²) in [4.78, 5) is 4.26. The Morgan fingerprint density at radius 3 is 2.57 bits per heavy atom. The molecule has 5 nitrogen and oxygen atoms in total. The van der Waals surface area contributed by atoms with Gasteiger partial charge in [0.15, 0.2) is 0 Å². The van der Waals surface area contributed by atoms with Gasteiger partial charge in [0.05, 0.1) is 5.69 Å². The van der Waals surface area contributed by atoms with Crippen LogP contribution in [-0.2, 0) is 5.72 Å². The number of hydrogen-bond acceptors (Lipinski definition) is 5. The molecule has 0 aromatic heterocycles. The maximum atomic E-state index is 11.2. The van der Waals surface area contributed by atoms with Crippen LogP contribution in [0, 0.1) is 0 Å². The number of rotatable bonds is 2. The van der Waals surface area contributed by atoms with Gasteiger partial charge in [0, 0.05) is 16.1 Å². The van der Waals surface area contributed by atoms with Crippen molar-refractivity contribution >= 4 is 23.1 Å². The number of nitrogens with zero attached hydrogens (tertiary/aromatic N) is 2. The Morgan fingerprint density at radius 1 is 1.19 bits per heavy atom. The quantitative estimate of drug-likeness (QED) is 0.738. The lowest BCUT2D eigenvalue weighted by Crippen LogP contribution is -2.57. The topological polar surface area (TPSA) is 82.1 Å². The number of aliphatic hydroxyl groups excluding tert-OH is 1. The largest absolute Gasteiger partial charge is 0.388 e. The molecule has 0 saturated heterocycles. The third kappa shape index (κ3) is 2.11. The molecular weight excluding hydrogens is 290 g/mol. The van der Waals surface area contributed by atoms with E-state index in [9.17, 15) is 10.2 Å². The van der Waals surface area contributed by atoms with E-state index >= 15 is 0 Å². The number of benzene rings is 2. The fourth-order valence-corrected chi connectivity index (χ4v) is 2.64. The minimum atomic E-state index is -1.64. The molecule has 2 aromatic carbocycles. The predicted octanol–water partition coefficient (Wildman–Crippen LogP) is 1.74. The molecule has 1 aliphatic heterocycles. The van der Waals surface area contributed by atoms with Gasteiger partial charge >= 0.3 is 0 Å². The molecule has 0 bridgehead atoms. The number of amidine groups is 1. The van der Waals surface area contributed by atoms with Crippen molar-refractivity contribution in [3.05, 3.63) is 64.7 Å². The molecule has 2 aromatic rings. The summed E-state index contributed by atoms with van der Waals surface area (Å²) in [5.41, 5.74) is -0.0735. The molecule has 21 heavy (non-hydrogen) atoms. The van der Waals surface area contributed by atoms with Crippen molar-refractivity contribution in [3.8, 4) is 0 Å². The minimum absolute atomic E-state index is 0.177. The first-order valence-corrected chi connectivity index (χ1v) is 6.76. The van der Waals surface area contributed by atoms with Gasteiger partial charge in [-0.15, -0.1) is 0 Å². The van der Waals surface area contributed by atoms with E-state index in [0.29, 0.717) is 21.8 Å². The molecule has 3 rings (SSSR count). The maximum Gasteiger partial charge on any atom is 0.208 e. The molecule has 0 saturated carbocycles. The van der Waals surface area contributed by atoms with Crippen LogP contribution < -0.4 is 5.84 Å². The van der Waals surface area contributed by atoms with E-state index in [4.69, 9.17) is 17.4 Å². The molecule has 108 valence electrons. The van der Waals surface area contributed by atoms with Crippen LogP contribution in [0.4, 0.5) is 5.69 Å². The maximum absolute atomic E-state index is 11.2. The Hall–Kier alpha value is -1.92. The fourth-order valence-electron chi connectivity index (χ4n) is 2.47. The van der Waals surface area contributed by atoms with E-state index in [2.05, 4.69) is 4.99 Å². The molecule has 6 heteroatoms. The summed E-state index contributed by atoms with van der Waals surface area (Å²) in [6.07, 6.45) is 0. The predicted molar refractivity (Wildman–Crippen MR) is 81.1 cm³/mol. The molecule has 1 heterocycles. The lowest BCUT2D eigenvalue weighted by molar-refractivity contribution is -0.0436. The second kappa shape index (κ2) is 5.13. The van der Waals surface area contributed by atoms with Gasteiger partial charge in [0.1, 0.15) is 12.4 Å². The average Bonchev–Trinajstić information content (AvgIpc) is 2.52. The van der Waals surface area contributed by atoms with Crippen molar-refractivity contribution in [3.63, 3.8) is 0 Å². The van der Waals surface area contributed by atoms with Crippen LogP contribution in [0.1, 0.15) is 11.1 Å². The summed E-state index contributed by atoms with van der Waals surface area (Å²) in [5, 5.41) is 22.2. The Labute approximate surface area is 126 Å². The molecule has 1 unspecified atom stereocenters. The number of hydrogen-bond donors (Lipinski definition) is 3. The van der Waals surface area contributed by atoms with Crippen LogP contribution in [0.3, 0.4) is 0 Å². The van der Waals surface area contributed by atoms with Crippen molar-refractivity contribution in [2.75, 3.05) is 6.61 Å². The van der Waals surface area contributed by atoms with Gasteiger partial charge in [-0.25, -0.2) is 10.8 Å². The van der Waals surface area contributed by atoms with Gasteiger partial charge in [-0.3, -0.25) is 5.01 Å². The summed E-state index contributed by atoms with van der Waals surface area (Å²) in [5.74, 6) is 6.19. The standard InChI is InChI=1S/C15H14ClN3O2/c16-11-6-7-13-12(8-11)15(21,10-4-2-1-3-5-10)19(17)14(9-20)18-13/h1-8,20-21H,9,17H2. The molecule has 1 atom stereocenters. The molecule has 4 N–H and O–H groups in total. The third-order valence-electron chi connectivity index (χ3n) is 3.53. The van der Waals surface area contributed by atoms with Crippen LogP contribution in [0.2, 0.25) is 5.02 Å². The summed E-state index contributed by atoms with van der Waals surface area (Å²) < 4.78 is 0. The van der Waals surface area contributed by atoms with Crippen LogP contribution in [0.15, 0.2) is 53.5 Å². The number of aliphatic imine (C=N–C) groups is 1. The van der Waals surface area contributed by atoms with Gasteiger partial charge in [0.25, 0.3) is 0 Å². The van der Waals surface area contributed by atoms with Crippen molar-refractivity contribution in [2.45, 2.75) is 5.72 Å². The van der Waals surface area contributed by atoms with Crippen molar-refractivity contribution in [1.29, 1.82) is 0 Å². The third-order valence-corrected chi connectivity index (χ3v) is 3.76. The van der Waals surface area contributed by atoms with Crippen molar-refractivity contribution in [1.82, 2.24) is 5.01 Å². The normalized spacial score (nSPS) is 21.0. The zero-order valence-electron chi connectivity index (χ0n) is 11.1. The average molecular weight is 304 g/mol. The number of nitrogens with two attached hydrogens (primary N) is 1. The Kier molecular flexibility index (Phi) is 3.43. The van der Waals surface area contributed by atoms with Crippen molar-refractivity contribution in [2.24, 2.45) is 10.8 Å². The number of halogens is 1. The van der Waals surface area contributed by atoms with Crippen LogP contribution in [0.5, 0.6) is 0 Å². The van der Waals surface area contributed by atoms with E-state index in [-0.39, 0.29) is 12.4 Å². The molecule has 0 spiro atoms. The van der Waals surface area contributed by atoms with Crippen LogP contribution in [-0.4, -0.2) is 27.7 Å².